The van der Waals surface area contributed by atoms with Crippen LogP contribution in [0.4, 0.5) is 9.52 Å². The van der Waals surface area contributed by atoms with E-state index >= 15 is 0 Å². The number of hydrogen-bond acceptors (Lipinski definition) is 8. The molecule has 1 amide bonds. The molecule has 0 unspecified atom stereocenters. The maximum atomic E-state index is 13.2. The minimum atomic E-state index is -0.383. The van der Waals surface area contributed by atoms with Crippen LogP contribution in [0.15, 0.2) is 40.6 Å². The van der Waals surface area contributed by atoms with Gasteiger partial charge < -0.3 is 10.1 Å². The van der Waals surface area contributed by atoms with E-state index in [4.69, 9.17) is 4.74 Å². The molecule has 12 heteroatoms. The van der Waals surface area contributed by atoms with Crippen LogP contribution >= 0.6 is 11.3 Å². The third kappa shape index (κ3) is 5.01. The van der Waals surface area contributed by atoms with E-state index in [0.29, 0.717) is 40.0 Å². The lowest BCUT2D eigenvalue weighted by Crippen LogP contribution is -2.26. The molecule has 0 spiro atoms. The fourth-order valence-corrected chi connectivity index (χ4v) is 4.07. The minimum Gasteiger partial charge on any atom is -0.466 e. The number of halogens is 1. The van der Waals surface area contributed by atoms with Crippen LogP contribution in [-0.2, 0) is 27.3 Å². The highest BCUT2D eigenvalue weighted by atomic mass is 32.1. The highest BCUT2D eigenvalue weighted by molar-refractivity contribution is 7.13. The van der Waals surface area contributed by atoms with Crippen molar-refractivity contribution in [3.63, 3.8) is 0 Å². The number of amides is 1. The maximum absolute atomic E-state index is 13.2. The summed E-state index contributed by atoms with van der Waals surface area (Å²) in [6, 6.07) is 5.70. The number of nitrogens with one attached hydrogen (secondary N) is 1. The number of fused-ring (bicyclic) bond motifs is 1. The summed E-state index contributed by atoms with van der Waals surface area (Å²) in [5.41, 5.74) is 1.12. The number of carbonyl (C=O) groups excluding carboxylic acids is 2. The zero-order valence-corrected chi connectivity index (χ0v) is 19.3. The van der Waals surface area contributed by atoms with Gasteiger partial charge in [-0.15, -0.1) is 11.3 Å². The van der Waals surface area contributed by atoms with E-state index < -0.39 is 0 Å². The van der Waals surface area contributed by atoms with Crippen molar-refractivity contribution in [3.05, 3.63) is 63.5 Å². The summed E-state index contributed by atoms with van der Waals surface area (Å²) >= 11 is 1.20. The van der Waals surface area contributed by atoms with Gasteiger partial charge in [-0.2, -0.15) is 5.10 Å². The van der Waals surface area contributed by atoms with Crippen LogP contribution in [0.2, 0.25) is 0 Å². The van der Waals surface area contributed by atoms with Crippen molar-refractivity contribution >= 4 is 39.4 Å². The molecular formula is C22H21FN6O4S. The van der Waals surface area contributed by atoms with Gasteiger partial charge in [-0.25, -0.2) is 19.0 Å². The molecule has 0 atom stereocenters. The van der Waals surface area contributed by atoms with Gasteiger partial charge in [0, 0.05) is 18.3 Å². The number of rotatable bonds is 8. The Morgan fingerprint density at radius 3 is 2.71 bits per heavy atom. The predicted molar refractivity (Wildman–Crippen MR) is 124 cm³/mol. The summed E-state index contributed by atoms with van der Waals surface area (Å²) in [4.78, 5) is 45.7. The fraction of sp³-hybridized carbons (Fsp3) is 0.273. The van der Waals surface area contributed by atoms with Crippen molar-refractivity contribution in [2.75, 3.05) is 11.9 Å². The van der Waals surface area contributed by atoms with E-state index in [9.17, 15) is 18.8 Å². The third-order valence-electron chi connectivity index (χ3n) is 4.94. The van der Waals surface area contributed by atoms with E-state index in [1.54, 1.807) is 31.4 Å². The van der Waals surface area contributed by atoms with Gasteiger partial charge in [0.05, 0.1) is 30.6 Å². The number of benzene rings is 1. The van der Waals surface area contributed by atoms with Crippen molar-refractivity contribution in [2.24, 2.45) is 0 Å². The highest BCUT2D eigenvalue weighted by Gasteiger charge is 2.16. The molecule has 4 aromatic rings. The first-order valence-electron chi connectivity index (χ1n) is 10.5. The van der Waals surface area contributed by atoms with Crippen molar-refractivity contribution in [1.29, 1.82) is 0 Å². The molecule has 0 saturated heterocycles. The Morgan fingerprint density at radius 2 is 1.97 bits per heavy atom. The number of esters is 1. The first-order valence-corrected chi connectivity index (χ1v) is 11.3. The summed E-state index contributed by atoms with van der Waals surface area (Å²) in [6.45, 7) is 3.80. The number of carbonyl (C=O) groups is 2. The average Bonchev–Trinajstić information content (AvgIpc) is 3.41. The topological polar surface area (TPSA) is 121 Å². The molecule has 1 N–H and O–H groups in total. The van der Waals surface area contributed by atoms with Crippen LogP contribution in [0.1, 0.15) is 24.9 Å². The van der Waals surface area contributed by atoms with Crippen LogP contribution in [0.25, 0.3) is 16.7 Å². The van der Waals surface area contributed by atoms with Gasteiger partial charge in [0.25, 0.3) is 5.56 Å². The summed E-state index contributed by atoms with van der Waals surface area (Å²) in [5.74, 6) is -0.672. The lowest BCUT2D eigenvalue weighted by Gasteiger charge is -2.10. The molecule has 34 heavy (non-hydrogen) atoms. The quantitative estimate of drug-likeness (QED) is 0.382. The molecule has 0 radical (unpaired) electrons. The number of anilines is 1. The van der Waals surface area contributed by atoms with Crippen molar-refractivity contribution < 1.29 is 18.7 Å². The van der Waals surface area contributed by atoms with Crippen LogP contribution < -0.4 is 10.9 Å². The standard InChI is InChI=1S/C22H21FN6O4S/c1-3-33-19(31)10-15-12-34-22(26-15)27-18(30)8-9-28-13(2)25-20-17(21(28)32)11-24-29(20)16-6-4-14(23)5-7-16/h4-7,11-12H,3,8-10H2,1-2H3,(H,26,27,30). The summed E-state index contributed by atoms with van der Waals surface area (Å²) < 4.78 is 21.0. The van der Waals surface area contributed by atoms with Crippen LogP contribution in [0, 0.1) is 12.7 Å². The van der Waals surface area contributed by atoms with Crippen molar-refractivity contribution in [1.82, 2.24) is 24.3 Å². The van der Waals surface area contributed by atoms with E-state index in [0.717, 1.165) is 0 Å². The third-order valence-corrected chi connectivity index (χ3v) is 5.75. The molecule has 4 rings (SSSR count). The lowest BCUT2D eigenvalue weighted by atomic mass is 10.3. The van der Waals surface area contributed by atoms with Gasteiger partial charge in [0.2, 0.25) is 5.91 Å². The van der Waals surface area contributed by atoms with Crippen molar-refractivity contribution in [2.45, 2.75) is 33.2 Å². The summed E-state index contributed by atoms with van der Waals surface area (Å²) in [5, 5.41) is 9.23. The smallest absolute Gasteiger partial charge is 0.311 e. The number of nitrogens with zero attached hydrogens (tertiary/aromatic N) is 5. The second-order valence-corrected chi connectivity index (χ2v) is 8.17. The SMILES string of the molecule is CCOC(=O)Cc1csc(NC(=O)CCn2c(C)nc3c(cnn3-c3ccc(F)cc3)c2=O)n1. The molecule has 0 aliphatic carbocycles. The zero-order chi connectivity index (χ0) is 24.2. The van der Waals surface area contributed by atoms with Crippen LogP contribution in [0.3, 0.4) is 0 Å². The zero-order valence-electron chi connectivity index (χ0n) is 18.4. The fourth-order valence-electron chi connectivity index (χ4n) is 3.34. The highest BCUT2D eigenvalue weighted by Crippen LogP contribution is 2.17. The molecule has 3 aromatic heterocycles. The molecular weight excluding hydrogens is 463 g/mol. The van der Waals surface area contributed by atoms with E-state index in [1.165, 1.54) is 38.9 Å². The minimum absolute atomic E-state index is 0.0207. The largest absolute Gasteiger partial charge is 0.466 e. The molecule has 0 aliphatic rings. The second kappa shape index (κ2) is 9.91. The number of hydrogen-bond donors (Lipinski definition) is 1. The second-order valence-electron chi connectivity index (χ2n) is 7.31. The van der Waals surface area contributed by atoms with Crippen LogP contribution in [-0.4, -0.2) is 42.8 Å². The Morgan fingerprint density at radius 1 is 1.21 bits per heavy atom. The molecule has 0 fully saturated rings. The molecule has 0 aliphatic heterocycles. The van der Waals surface area contributed by atoms with E-state index in [2.05, 4.69) is 20.4 Å². The summed E-state index contributed by atoms with van der Waals surface area (Å²) in [6.07, 6.45) is 1.46. The number of thiazole rings is 1. The molecule has 0 bridgehead atoms. The Labute approximate surface area is 197 Å². The van der Waals surface area contributed by atoms with Gasteiger partial charge in [0.1, 0.15) is 17.0 Å². The maximum Gasteiger partial charge on any atom is 0.311 e. The predicted octanol–water partition coefficient (Wildman–Crippen LogP) is 2.62. The number of aryl methyl sites for hydroxylation is 1. The normalized spacial score (nSPS) is 11.0. The van der Waals surface area contributed by atoms with E-state index in [1.807, 2.05) is 0 Å². The Balaban J connectivity index is 1.45. The first kappa shape index (κ1) is 23.2. The summed E-state index contributed by atoms with van der Waals surface area (Å²) in [7, 11) is 0. The molecule has 3 heterocycles. The van der Waals surface area contributed by atoms with Gasteiger partial charge in [-0.1, -0.05) is 0 Å². The van der Waals surface area contributed by atoms with Gasteiger partial charge in [0.15, 0.2) is 10.8 Å². The number of aromatic nitrogens is 5. The van der Waals surface area contributed by atoms with Gasteiger partial charge in [-0.05, 0) is 38.1 Å². The van der Waals surface area contributed by atoms with Crippen LogP contribution in [0.5, 0.6) is 0 Å². The van der Waals surface area contributed by atoms with Gasteiger partial charge in [-0.3, -0.25) is 19.0 Å². The van der Waals surface area contributed by atoms with Gasteiger partial charge >= 0.3 is 5.97 Å². The average molecular weight is 485 g/mol. The Hall–Kier alpha value is -3.93. The monoisotopic (exact) mass is 484 g/mol. The first-order chi connectivity index (χ1) is 16.4. The molecule has 10 nitrogen and oxygen atoms in total. The number of ether oxygens (including phenoxy) is 1. The van der Waals surface area contributed by atoms with E-state index in [-0.39, 0.29) is 42.6 Å². The Kier molecular flexibility index (Phi) is 6.77. The molecule has 1 aromatic carbocycles. The Bertz CT molecular complexity index is 1410. The lowest BCUT2D eigenvalue weighted by molar-refractivity contribution is -0.142. The van der Waals surface area contributed by atoms with Crippen molar-refractivity contribution in [3.8, 4) is 5.69 Å². The molecule has 176 valence electrons. The molecule has 0 saturated carbocycles.